The molecule has 0 bridgehead atoms. The van der Waals surface area contributed by atoms with E-state index in [-0.39, 0.29) is 24.6 Å². The zero-order valence-corrected chi connectivity index (χ0v) is 14.1. The van der Waals surface area contributed by atoms with E-state index >= 15 is 0 Å². The van der Waals surface area contributed by atoms with Crippen LogP contribution in [0.15, 0.2) is 0 Å². The van der Waals surface area contributed by atoms with Gasteiger partial charge in [-0.1, -0.05) is 13.3 Å². The largest absolute Gasteiger partial charge is 0.480 e. The molecule has 0 aromatic rings. The molecule has 1 fully saturated rings. The van der Waals surface area contributed by atoms with Crippen LogP contribution < -0.4 is 0 Å². The Labute approximate surface area is 133 Å². The van der Waals surface area contributed by atoms with Crippen molar-refractivity contribution in [2.45, 2.75) is 58.1 Å². The van der Waals surface area contributed by atoms with Gasteiger partial charge in [0.15, 0.2) is 0 Å². The van der Waals surface area contributed by atoms with Gasteiger partial charge in [-0.2, -0.15) is 0 Å². The maximum Gasteiger partial charge on any atom is 0.317 e. The Balaban J connectivity index is 2.44. The topological polar surface area (TPSA) is 70.1 Å². The fourth-order valence-corrected chi connectivity index (χ4v) is 2.82. The number of ether oxygens (including phenoxy) is 1. The van der Waals surface area contributed by atoms with Gasteiger partial charge in [0.2, 0.25) is 0 Å². The molecule has 6 nitrogen and oxygen atoms in total. The second-order valence-corrected chi connectivity index (χ2v) is 6.09. The molecule has 1 N–H and O–H groups in total. The fraction of sp³-hybridized carbons (Fsp3) is 0.875. The number of likely N-dealkylation sites (tertiary alicyclic amines) is 1. The molecule has 0 aromatic heterocycles. The van der Waals surface area contributed by atoms with Crippen molar-refractivity contribution in [3.05, 3.63) is 0 Å². The van der Waals surface area contributed by atoms with Crippen LogP contribution in [0.1, 0.15) is 46.0 Å². The number of aliphatic carboxylic acids is 1. The molecule has 1 aliphatic heterocycles. The number of hydrogen-bond acceptors (Lipinski definition) is 4. The number of likely N-dealkylation sites (N-methyl/N-ethyl adjacent to an activating group) is 1. The van der Waals surface area contributed by atoms with E-state index in [1.54, 1.807) is 0 Å². The van der Waals surface area contributed by atoms with Gasteiger partial charge in [0, 0.05) is 25.7 Å². The lowest BCUT2D eigenvalue weighted by Gasteiger charge is -2.26. The lowest BCUT2D eigenvalue weighted by molar-refractivity contribution is -0.143. The van der Waals surface area contributed by atoms with Crippen molar-refractivity contribution in [3.63, 3.8) is 0 Å². The summed E-state index contributed by atoms with van der Waals surface area (Å²) in [5.41, 5.74) is 0. The summed E-state index contributed by atoms with van der Waals surface area (Å²) in [5, 5.41) is 8.88. The minimum Gasteiger partial charge on any atom is -0.480 e. The van der Waals surface area contributed by atoms with Gasteiger partial charge in [0.05, 0.1) is 6.54 Å². The predicted molar refractivity (Wildman–Crippen MR) is 84.8 cm³/mol. The van der Waals surface area contributed by atoms with Crippen LogP contribution in [0.25, 0.3) is 0 Å². The van der Waals surface area contributed by atoms with Gasteiger partial charge in [-0.05, 0) is 39.7 Å². The third kappa shape index (κ3) is 6.32. The summed E-state index contributed by atoms with van der Waals surface area (Å²) in [5.74, 6) is -0.754. The minimum atomic E-state index is -0.808. The highest BCUT2D eigenvalue weighted by Gasteiger charge is 2.26. The molecule has 2 unspecified atom stereocenters. The van der Waals surface area contributed by atoms with Crippen LogP contribution in [-0.4, -0.2) is 72.2 Å². The van der Waals surface area contributed by atoms with Crippen molar-refractivity contribution >= 4 is 11.9 Å². The zero-order chi connectivity index (χ0) is 16.5. The summed E-state index contributed by atoms with van der Waals surface area (Å²) in [6, 6.07) is 0.227. The summed E-state index contributed by atoms with van der Waals surface area (Å²) in [7, 11) is 1.84. The van der Waals surface area contributed by atoms with Crippen molar-refractivity contribution in [2.75, 3.05) is 33.3 Å². The molecule has 0 aliphatic carbocycles. The lowest BCUT2D eigenvalue weighted by atomic mass is 10.1. The minimum absolute atomic E-state index is 0.0507. The molecule has 0 radical (unpaired) electrons. The summed E-state index contributed by atoms with van der Waals surface area (Å²) in [4.78, 5) is 26.9. The smallest absolute Gasteiger partial charge is 0.317 e. The Morgan fingerprint density at radius 3 is 2.73 bits per heavy atom. The van der Waals surface area contributed by atoms with E-state index in [4.69, 9.17) is 9.84 Å². The summed E-state index contributed by atoms with van der Waals surface area (Å²) in [6.45, 7) is 6.00. The second kappa shape index (κ2) is 9.79. The molecule has 0 aromatic carbocycles. The Morgan fingerprint density at radius 1 is 1.36 bits per heavy atom. The van der Waals surface area contributed by atoms with E-state index in [0.717, 1.165) is 38.6 Å². The number of unbranched alkanes of at least 4 members (excludes halogenated alkanes) is 1. The summed E-state index contributed by atoms with van der Waals surface area (Å²) in [6.07, 6.45) is 4.29. The number of nitrogens with zero attached hydrogens (tertiary/aromatic N) is 2. The molecule has 1 rings (SSSR count). The molecular formula is C16H30N2O4. The van der Waals surface area contributed by atoms with Crippen molar-refractivity contribution in [3.8, 4) is 0 Å². The average Bonchev–Trinajstić information content (AvgIpc) is 2.71. The highest BCUT2D eigenvalue weighted by molar-refractivity contribution is 5.80. The van der Waals surface area contributed by atoms with Gasteiger partial charge >= 0.3 is 5.97 Å². The number of rotatable bonds is 8. The van der Waals surface area contributed by atoms with E-state index < -0.39 is 5.97 Å². The first-order valence-corrected chi connectivity index (χ1v) is 8.28. The standard InChI is InChI=1S/C16H30N2O4/c1-4-5-11-22-13(2)16(21)18-9-6-7-14(8-10-18)17(3)12-15(19)20/h13-14H,4-12H2,1-3H3,(H,19,20). The summed E-state index contributed by atoms with van der Waals surface area (Å²) < 4.78 is 5.59. The van der Waals surface area contributed by atoms with Crippen LogP contribution in [-0.2, 0) is 14.3 Å². The van der Waals surface area contributed by atoms with Crippen LogP contribution in [0.4, 0.5) is 0 Å². The monoisotopic (exact) mass is 314 g/mol. The van der Waals surface area contributed by atoms with Crippen LogP contribution in [0, 0.1) is 0 Å². The second-order valence-electron chi connectivity index (χ2n) is 6.09. The quantitative estimate of drug-likeness (QED) is 0.689. The Kier molecular flexibility index (Phi) is 8.42. The molecule has 1 saturated heterocycles. The maximum atomic E-state index is 12.4. The molecular weight excluding hydrogens is 284 g/mol. The normalized spacial score (nSPS) is 20.7. The maximum absolute atomic E-state index is 12.4. The van der Waals surface area contributed by atoms with Crippen molar-refractivity contribution in [1.29, 1.82) is 0 Å². The molecule has 1 heterocycles. The Bertz CT molecular complexity index is 362. The van der Waals surface area contributed by atoms with E-state index in [1.807, 2.05) is 23.8 Å². The van der Waals surface area contributed by atoms with E-state index in [1.165, 1.54) is 0 Å². The van der Waals surface area contributed by atoms with Crippen molar-refractivity contribution < 1.29 is 19.4 Å². The molecule has 1 aliphatic rings. The van der Waals surface area contributed by atoms with E-state index in [2.05, 4.69) is 6.92 Å². The van der Waals surface area contributed by atoms with Gasteiger partial charge in [0.1, 0.15) is 6.10 Å². The van der Waals surface area contributed by atoms with Crippen LogP contribution >= 0.6 is 0 Å². The molecule has 22 heavy (non-hydrogen) atoms. The number of carbonyl (C=O) groups excluding carboxylic acids is 1. The van der Waals surface area contributed by atoms with E-state index in [0.29, 0.717) is 13.2 Å². The third-order valence-corrected chi connectivity index (χ3v) is 4.23. The van der Waals surface area contributed by atoms with Crippen molar-refractivity contribution in [1.82, 2.24) is 9.80 Å². The Hall–Kier alpha value is -1.14. The average molecular weight is 314 g/mol. The SMILES string of the molecule is CCCCOC(C)C(=O)N1CCCC(N(C)CC(=O)O)CC1. The number of hydrogen-bond donors (Lipinski definition) is 1. The first kappa shape index (κ1) is 18.9. The number of carboxylic acid groups (broad SMARTS) is 1. The van der Waals surface area contributed by atoms with Crippen LogP contribution in [0.5, 0.6) is 0 Å². The molecule has 128 valence electrons. The number of carbonyl (C=O) groups is 2. The number of amides is 1. The molecule has 0 saturated carbocycles. The predicted octanol–water partition coefficient (Wildman–Crippen LogP) is 1.59. The lowest BCUT2D eigenvalue weighted by Crippen LogP contribution is -2.41. The zero-order valence-electron chi connectivity index (χ0n) is 14.1. The van der Waals surface area contributed by atoms with Gasteiger partial charge in [0.25, 0.3) is 5.91 Å². The Morgan fingerprint density at radius 2 is 2.09 bits per heavy atom. The van der Waals surface area contributed by atoms with E-state index in [9.17, 15) is 9.59 Å². The van der Waals surface area contributed by atoms with Crippen LogP contribution in [0.2, 0.25) is 0 Å². The fourth-order valence-electron chi connectivity index (χ4n) is 2.82. The van der Waals surface area contributed by atoms with Gasteiger partial charge in [-0.15, -0.1) is 0 Å². The van der Waals surface area contributed by atoms with Gasteiger partial charge in [-0.3, -0.25) is 14.5 Å². The molecule has 6 heteroatoms. The van der Waals surface area contributed by atoms with Gasteiger partial charge in [-0.25, -0.2) is 0 Å². The molecule has 0 spiro atoms. The highest BCUT2D eigenvalue weighted by atomic mass is 16.5. The number of carboxylic acids is 1. The molecule has 2 atom stereocenters. The van der Waals surface area contributed by atoms with Crippen LogP contribution in [0.3, 0.4) is 0 Å². The first-order valence-electron chi connectivity index (χ1n) is 8.28. The first-order chi connectivity index (χ1) is 10.5. The third-order valence-electron chi connectivity index (χ3n) is 4.23. The van der Waals surface area contributed by atoms with Crippen molar-refractivity contribution in [2.24, 2.45) is 0 Å². The van der Waals surface area contributed by atoms with Gasteiger partial charge < -0.3 is 14.7 Å². The summed E-state index contributed by atoms with van der Waals surface area (Å²) >= 11 is 0. The highest BCUT2D eigenvalue weighted by Crippen LogP contribution is 2.17. The molecule has 1 amide bonds.